The first-order chi connectivity index (χ1) is 9.81. The zero-order chi connectivity index (χ0) is 13.8. The van der Waals surface area contributed by atoms with Crippen LogP contribution in [-0.4, -0.2) is 54.9 Å². The molecule has 0 aliphatic carbocycles. The largest absolute Gasteiger partial charge is 0.299 e. The van der Waals surface area contributed by atoms with Crippen LogP contribution in [0.15, 0.2) is 18.2 Å². The third-order valence-electron chi connectivity index (χ3n) is 3.32. The maximum atomic E-state index is 12.0. The highest BCUT2D eigenvalue weighted by Gasteiger charge is 2.26. The maximum Gasteiger partial charge on any atom is 0.240 e. The molecule has 0 spiro atoms. The van der Waals surface area contributed by atoms with Gasteiger partial charge in [0.2, 0.25) is 11.0 Å². The fraction of sp³-hybridized carbons (Fsp3) is 0.545. The topological polar surface area (TPSA) is 88.8 Å². The van der Waals surface area contributed by atoms with Crippen LogP contribution in [0, 0.1) is 0 Å². The highest BCUT2D eigenvalue weighted by atomic mass is 32.1. The Morgan fingerprint density at radius 3 is 3.25 bits per heavy atom. The Hall–Kier alpha value is -1.87. The predicted molar refractivity (Wildman–Crippen MR) is 73.2 cm³/mol. The van der Waals surface area contributed by atoms with Gasteiger partial charge in [0.05, 0.1) is 13.1 Å². The minimum absolute atomic E-state index is 0.0489. The lowest BCUT2D eigenvalue weighted by atomic mass is 10.2. The number of nitrogens with zero attached hydrogens (tertiary/aromatic N) is 6. The van der Waals surface area contributed by atoms with Crippen molar-refractivity contribution in [3.8, 4) is 0 Å². The highest BCUT2D eigenvalue weighted by molar-refractivity contribution is 7.13. The fourth-order valence-electron chi connectivity index (χ4n) is 2.42. The summed E-state index contributed by atoms with van der Waals surface area (Å²) in [6.45, 7) is 2.08. The summed E-state index contributed by atoms with van der Waals surface area (Å²) in [4.78, 5) is 18.1. The molecule has 1 fully saturated rings. The molecule has 0 unspecified atom stereocenters. The van der Waals surface area contributed by atoms with Gasteiger partial charge in [-0.2, -0.15) is 5.10 Å². The predicted octanol–water partition coefficient (Wildman–Crippen LogP) is 0.233. The second-order valence-electron chi connectivity index (χ2n) is 4.68. The Bertz CT molecular complexity index is 541. The molecule has 2 aromatic heterocycles. The van der Waals surface area contributed by atoms with Crippen molar-refractivity contribution in [1.82, 2.24) is 29.9 Å². The smallest absolute Gasteiger partial charge is 0.240 e. The van der Waals surface area contributed by atoms with Crippen molar-refractivity contribution in [2.75, 3.05) is 18.4 Å². The van der Waals surface area contributed by atoms with Gasteiger partial charge in [-0.15, -0.1) is 10.2 Å². The number of carbonyl (C=O) groups is 1. The third kappa shape index (κ3) is 3.17. The molecule has 0 aromatic carbocycles. The summed E-state index contributed by atoms with van der Waals surface area (Å²) in [6, 6.07) is 0.330. The third-order valence-corrected chi connectivity index (χ3v) is 3.92. The van der Waals surface area contributed by atoms with Gasteiger partial charge in [0, 0.05) is 6.04 Å². The van der Waals surface area contributed by atoms with Gasteiger partial charge < -0.3 is 0 Å². The summed E-state index contributed by atoms with van der Waals surface area (Å²) < 4.78 is 1.81. The Balaban J connectivity index is 1.54. The van der Waals surface area contributed by atoms with Crippen LogP contribution in [-0.2, 0) is 11.3 Å². The van der Waals surface area contributed by atoms with Gasteiger partial charge in [-0.1, -0.05) is 11.3 Å². The van der Waals surface area contributed by atoms with Crippen LogP contribution in [0.1, 0.15) is 12.8 Å². The van der Waals surface area contributed by atoms with Crippen molar-refractivity contribution < 1.29 is 4.79 Å². The molecular weight excluding hydrogens is 278 g/mol. The second kappa shape index (κ2) is 6.06. The van der Waals surface area contributed by atoms with Crippen LogP contribution in [0.5, 0.6) is 0 Å². The number of rotatable bonds is 5. The Morgan fingerprint density at radius 1 is 1.55 bits per heavy atom. The zero-order valence-corrected chi connectivity index (χ0v) is 11.7. The SMILES string of the molecule is O=C(CN1CCC[C@@H]1Cn1cncn1)Nc1nncs1. The normalized spacial score (nSPS) is 19.3. The van der Waals surface area contributed by atoms with Crippen LogP contribution in [0.3, 0.4) is 0 Å². The van der Waals surface area contributed by atoms with E-state index in [1.54, 1.807) is 11.8 Å². The van der Waals surface area contributed by atoms with E-state index in [2.05, 4.69) is 30.5 Å². The van der Waals surface area contributed by atoms with Crippen molar-refractivity contribution in [2.45, 2.75) is 25.4 Å². The van der Waals surface area contributed by atoms with Crippen molar-refractivity contribution in [3.63, 3.8) is 0 Å². The molecule has 1 aliphatic rings. The van der Waals surface area contributed by atoms with Crippen molar-refractivity contribution in [1.29, 1.82) is 0 Å². The quantitative estimate of drug-likeness (QED) is 0.849. The average molecular weight is 293 g/mol. The standard InChI is InChI=1S/C11H15N7OS/c19-10(15-11-16-13-8-20-11)5-17-3-1-2-9(17)4-18-7-12-6-14-18/h6-9H,1-5H2,(H,15,16,19)/t9-/m1/s1. The lowest BCUT2D eigenvalue weighted by Gasteiger charge is -2.23. The molecule has 1 aliphatic heterocycles. The van der Waals surface area contributed by atoms with Crippen LogP contribution in [0.25, 0.3) is 0 Å². The van der Waals surface area contributed by atoms with E-state index in [1.807, 2.05) is 4.68 Å². The van der Waals surface area contributed by atoms with Gasteiger partial charge in [0.25, 0.3) is 0 Å². The number of hydrogen-bond donors (Lipinski definition) is 1. The molecule has 20 heavy (non-hydrogen) atoms. The summed E-state index contributed by atoms with van der Waals surface area (Å²) in [5, 5.41) is 14.9. The van der Waals surface area contributed by atoms with Gasteiger partial charge in [-0.25, -0.2) is 4.98 Å². The monoisotopic (exact) mass is 293 g/mol. The number of nitrogens with one attached hydrogen (secondary N) is 1. The van der Waals surface area contributed by atoms with E-state index >= 15 is 0 Å². The van der Waals surface area contributed by atoms with Crippen LogP contribution < -0.4 is 5.32 Å². The number of likely N-dealkylation sites (tertiary alicyclic amines) is 1. The zero-order valence-electron chi connectivity index (χ0n) is 10.8. The molecule has 1 amide bonds. The first kappa shape index (κ1) is 13.1. The summed E-state index contributed by atoms with van der Waals surface area (Å²) >= 11 is 1.32. The molecule has 8 nitrogen and oxygen atoms in total. The molecule has 3 rings (SSSR count). The highest BCUT2D eigenvalue weighted by Crippen LogP contribution is 2.18. The molecule has 2 aromatic rings. The minimum Gasteiger partial charge on any atom is -0.299 e. The first-order valence-corrected chi connectivity index (χ1v) is 7.32. The molecule has 3 heterocycles. The summed E-state index contributed by atoms with van der Waals surface area (Å²) in [5.41, 5.74) is 1.60. The first-order valence-electron chi connectivity index (χ1n) is 6.44. The number of hydrogen-bond acceptors (Lipinski definition) is 7. The molecule has 0 radical (unpaired) electrons. The molecule has 106 valence electrons. The van der Waals surface area contributed by atoms with E-state index < -0.39 is 0 Å². The summed E-state index contributed by atoms with van der Waals surface area (Å²) in [5.74, 6) is -0.0489. The van der Waals surface area contributed by atoms with Crippen LogP contribution in [0.2, 0.25) is 0 Å². The second-order valence-corrected chi connectivity index (χ2v) is 5.51. The molecule has 1 N–H and O–H groups in total. The van der Waals surface area contributed by atoms with E-state index in [0.29, 0.717) is 17.7 Å². The number of carbonyl (C=O) groups excluding carboxylic acids is 1. The molecule has 0 bridgehead atoms. The van der Waals surface area contributed by atoms with Crippen LogP contribution in [0.4, 0.5) is 5.13 Å². The van der Waals surface area contributed by atoms with E-state index in [-0.39, 0.29) is 5.91 Å². The summed E-state index contributed by atoms with van der Waals surface area (Å²) in [6.07, 6.45) is 5.41. The van der Waals surface area contributed by atoms with Gasteiger partial charge in [-0.3, -0.25) is 19.7 Å². The number of aromatic nitrogens is 5. The lowest BCUT2D eigenvalue weighted by molar-refractivity contribution is -0.117. The van der Waals surface area contributed by atoms with E-state index in [9.17, 15) is 4.79 Å². The van der Waals surface area contributed by atoms with Gasteiger partial charge in [0.15, 0.2) is 0 Å². The van der Waals surface area contributed by atoms with Crippen LogP contribution >= 0.6 is 11.3 Å². The Labute approximate surface area is 119 Å². The minimum atomic E-state index is -0.0489. The van der Waals surface area contributed by atoms with E-state index in [0.717, 1.165) is 25.9 Å². The van der Waals surface area contributed by atoms with Gasteiger partial charge >= 0.3 is 0 Å². The summed E-state index contributed by atoms with van der Waals surface area (Å²) in [7, 11) is 0. The van der Waals surface area contributed by atoms with Gasteiger partial charge in [0.1, 0.15) is 18.2 Å². The molecule has 9 heteroatoms. The van der Waals surface area contributed by atoms with E-state index in [4.69, 9.17) is 0 Å². The van der Waals surface area contributed by atoms with E-state index in [1.165, 1.54) is 17.7 Å². The van der Waals surface area contributed by atoms with Crippen molar-refractivity contribution >= 4 is 22.4 Å². The molecule has 1 atom stereocenters. The molecule has 1 saturated heterocycles. The number of anilines is 1. The average Bonchev–Trinajstić information content (AvgIpc) is 3.14. The number of amides is 1. The van der Waals surface area contributed by atoms with Crippen molar-refractivity contribution in [2.24, 2.45) is 0 Å². The Morgan fingerprint density at radius 2 is 2.50 bits per heavy atom. The molecular formula is C11H15N7OS. The Kier molecular flexibility index (Phi) is 3.97. The fourth-order valence-corrected chi connectivity index (χ4v) is 2.88. The molecule has 0 saturated carbocycles. The maximum absolute atomic E-state index is 12.0. The van der Waals surface area contributed by atoms with Crippen molar-refractivity contribution in [3.05, 3.63) is 18.2 Å². The van der Waals surface area contributed by atoms with Gasteiger partial charge in [-0.05, 0) is 19.4 Å². The lowest BCUT2D eigenvalue weighted by Crippen LogP contribution is -2.39.